The van der Waals surface area contributed by atoms with Crippen molar-refractivity contribution in [2.24, 2.45) is 11.3 Å². The molecule has 0 aromatic heterocycles. The summed E-state index contributed by atoms with van der Waals surface area (Å²) in [5, 5.41) is 0. The summed E-state index contributed by atoms with van der Waals surface area (Å²) >= 11 is 0. The van der Waals surface area contributed by atoms with Crippen LogP contribution in [0.5, 0.6) is 0 Å². The van der Waals surface area contributed by atoms with Crippen LogP contribution >= 0.6 is 0 Å². The zero-order valence-electron chi connectivity index (χ0n) is 16.8. The van der Waals surface area contributed by atoms with Crippen molar-refractivity contribution in [2.45, 2.75) is 67.0 Å². The monoisotopic (exact) mass is 347 g/mol. The average Bonchev–Trinajstić information content (AvgIpc) is 2.45. The molecule has 25 heavy (non-hydrogen) atoms. The summed E-state index contributed by atoms with van der Waals surface area (Å²) < 4.78 is 5.49. The van der Waals surface area contributed by atoms with Crippen LogP contribution in [0.3, 0.4) is 0 Å². The van der Waals surface area contributed by atoms with Crippen molar-refractivity contribution in [3.8, 4) is 0 Å². The predicted octanol–water partition coefficient (Wildman–Crippen LogP) is 5.07. The van der Waals surface area contributed by atoms with Gasteiger partial charge in [0.1, 0.15) is 5.60 Å². The maximum absolute atomic E-state index is 12.6. The van der Waals surface area contributed by atoms with Crippen LogP contribution in [0, 0.1) is 11.3 Å². The van der Waals surface area contributed by atoms with E-state index in [0.29, 0.717) is 18.9 Å². The van der Waals surface area contributed by atoms with Gasteiger partial charge in [0, 0.05) is 13.0 Å². The van der Waals surface area contributed by atoms with Gasteiger partial charge in [0.2, 0.25) is 0 Å². The van der Waals surface area contributed by atoms with Crippen LogP contribution in [0.2, 0.25) is 0 Å². The van der Waals surface area contributed by atoms with Gasteiger partial charge in [-0.3, -0.25) is 9.69 Å². The van der Waals surface area contributed by atoms with Crippen LogP contribution in [0.1, 0.15) is 60.5 Å². The van der Waals surface area contributed by atoms with Crippen LogP contribution in [0.15, 0.2) is 30.3 Å². The van der Waals surface area contributed by atoms with Gasteiger partial charge in [-0.1, -0.05) is 58.0 Å². The van der Waals surface area contributed by atoms with Gasteiger partial charge in [0.05, 0.1) is 6.54 Å². The lowest BCUT2D eigenvalue weighted by Gasteiger charge is -2.31. The fourth-order valence-corrected chi connectivity index (χ4v) is 2.30. The minimum Gasteiger partial charge on any atom is -0.444 e. The highest BCUT2D eigenvalue weighted by Gasteiger charge is 2.29. The molecule has 1 amide bonds. The molecule has 1 aromatic rings. The van der Waals surface area contributed by atoms with E-state index in [-0.39, 0.29) is 17.7 Å². The smallest absolute Gasteiger partial charge is 0.410 e. The Morgan fingerprint density at radius 2 is 1.60 bits per heavy atom. The second-order valence-corrected chi connectivity index (χ2v) is 8.68. The number of rotatable bonds is 7. The Labute approximate surface area is 152 Å². The zero-order valence-corrected chi connectivity index (χ0v) is 16.8. The molecule has 0 spiro atoms. The number of hydrogen-bond acceptors (Lipinski definition) is 3. The molecule has 0 saturated heterocycles. The number of ketones is 1. The van der Waals surface area contributed by atoms with Crippen LogP contribution in [-0.4, -0.2) is 28.9 Å². The number of nitrogens with zero attached hydrogens (tertiary/aromatic N) is 1. The molecule has 0 aliphatic rings. The molecule has 0 fully saturated rings. The summed E-state index contributed by atoms with van der Waals surface area (Å²) in [6.45, 7) is 14.3. The minimum atomic E-state index is -0.591. The van der Waals surface area contributed by atoms with Gasteiger partial charge in [0.25, 0.3) is 0 Å². The largest absolute Gasteiger partial charge is 0.444 e. The normalized spacial score (nSPS) is 12.2. The molecule has 0 radical (unpaired) electrons. The third-order valence-corrected chi connectivity index (χ3v) is 4.45. The Morgan fingerprint density at radius 1 is 1.04 bits per heavy atom. The van der Waals surface area contributed by atoms with Crippen molar-refractivity contribution in [1.29, 1.82) is 0 Å². The van der Waals surface area contributed by atoms with E-state index < -0.39 is 11.7 Å². The molecular formula is C21H33NO3. The second kappa shape index (κ2) is 8.50. The summed E-state index contributed by atoms with van der Waals surface area (Å²) in [7, 11) is 0. The maximum Gasteiger partial charge on any atom is 0.410 e. The summed E-state index contributed by atoms with van der Waals surface area (Å²) in [4.78, 5) is 26.6. The van der Waals surface area contributed by atoms with E-state index in [9.17, 15) is 9.59 Å². The van der Waals surface area contributed by atoms with Crippen molar-refractivity contribution in [2.75, 3.05) is 6.54 Å². The summed E-state index contributed by atoms with van der Waals surface area (Å²) in [6.07, 6.45) is -0.00859. The van der Waals surface area contributed by atoms with Crippen molar-refractivity contribution in [3.05, 3.63) is 35.9 Å². The Morgan fingerprint density at radius 3 is 2.08 bits per heavy atom. The fraction of sp³-hybridized carbons (Fsp3) is 0.619. The van der Waals surface area contributed by atoms with Crippen LogP contribution in [0.25, 0.3) is 0 Å². The summed E-state index contributed by atoms with van der Waals surface area (Å²) in [5.41, 5.74) is 0.291. The lowest BCUT2D eigenvalue weighted by molar-refractivity contribution is -0.122. The van der Waals surface area contributed by atoms with E-state index in [1.165, 1.54) is 4.90 Å². The molecule has 1 rings (SSSR count). The molecular weight excluding hydrogens is 314 g/mol. The number of amides is 1. The van der Waals surface area contributed by atoms with Gasteiger partial charge in [-0.2, -0.15) is 0 Å². The quantitative estimate of drug-likeness (QED) is 0.692. The Balaban J connectivity index is 2.87. The first-order valence-corrected chi connectivity index (χ1v) is 8.94. The maximum atomic E-state index is 12.6. The fourth-order valence-electron chi connectivity index (χ4n) is 2.30. The van der Waals surface area contributed by atoms with Crippen LogP contribution in [-0.2, 0) is 16.1 Å². The van der Waals surface area contributed by atoms with Gasteiger partial charge >= 0.3 is 6.09 Å². The predicted molar refractivity (Wildman–Crippen MR) is 101 cm³/mol. The zero-order chi connectivity index (χ0) is 19.3. The lowest BCUT2D eigenvalue weighted by atomic mass is 9.77. The summed E-state index contributed by atoms with van der Waals surface area (Å²) in [6, 6.07) is 9.66. The number of carbonyl (C=O) groups is 2. The second-order valence-electron chi connectivity index (χ2n) is 8.68. The molecule has 0 unspecified atom stereocenters. The third-order valence-electron chi connectivity index (χ3n) is 4.45. The van der Waals surface area contributed by atoms with Crippen molar-refractivity contribution in [3.63, 3.8) is 0 Å². The number of Topliss-reactive ketones (excluding diaryl/α,β-unsaturated/α-hetero) is 1. The van der Waals surface area contributed by atoms with Gasteiger partial charge in [-0.05, 0) is 37.7 Å². The molecule has 0 N–H and O–H groups in total. The van der Waals surface area contributed by atoms with Gasteiger partial charge in [-0.15, -0.1) is 0 Å². The molecule has 0 aliphatic heterocycles. The molecule has 140 valence electrons. The van der Waals surface area contributed by atoms with E-state index in [0.717, 1.165) is 5.56 Å². The van der Waals surface area contributed by atoms with Crippen molar-refractivity contribution in [1.82, 2.24) is 4.90 Å². The first-order chi connectivity index (χ1) is 11.4. The molecule has 0 bridgehead atoms. The molecule has 0 aliphatic carbocycles. The van der Waals surface area contributed by atoms with E-state index in [4.69, 9.17) is 4.74 Å². The number of benzene rings is 1. The standard InChI is InChI=1S/C21H33NO3/c1-16(2)21(6,7)13-18(23)15-22(19(24)25-20(3,4)5)14-17-11-9-8-10-12-17/h8-12,16H,13-15H2,1-7H3. The van der Waals surface area contributed by atoms with Gasteiger partial charge in [0.15, 0.2) is 5.78 Å². The highest BCUT2D eigenvalue weighted by atomic mass is 16.6. The molecule has 0 atom stereocenters. The Hall–Kier alpha value is -1.84. The molecule has 4 heteroatoms. The topological polar surface area (TPSA) is 46.6 Å². The minimum absolute atomic E-state index is 0.0560. The van der Waals surface area contributed by atoms with Gasteiger partial charge in [-0.25, -0.2) is 4.79 Å². The summed E-state index contributed by atoms with van der Waals surface area (Å²) in [5.74, 6) is 0.445. The number of ether oxygens (including phenoxy) is 1. The van der Waals surface area contributed by atoms with E-state index in [1.54, 1.807) is 0 Å². The van der Waals surface area contributed by atoms with E-state index in [2.05, 4.69) is 27.7 Å². The highest BCUT2D eigenvalue weighted by molar-refractivity contribution is 5.84. The third kappa shape index (κ3) is 7.72. The Kier molecular flexibility index (Phi) is 7.21. The van der Waals surface area contributed by atoms with E-state index >= 15 is 0 Å². The first-order valence-electron chi connectivity index (χ1n) is 8.94. The van der Waals surface area contributed by atoms with Crippen molar-refractivity contribution >= 4 is 11.9 Å². The van der Waals surface area contributed by atoms with Crippen LogP contribution in [0.4, 0.5) is 4.79 Å². The molecule has 0 heterocycles. The number of hydrogen-bond donors (Lipinski definition) is 0. The molecule has 0 saturated carbocycles. The van der Waals surface area contributed by atoms with Gasteiger partial charge < -0.3 is 4.74 Å². The van der Waals surface area contributed by atoms with Crippen LogP contribution < -0.4 is 0 Å². The van der Waals surface area contributed by atoms with Crippen molar-refractivity contribution < 1.29 is 14.3 Å². The molecule has 4 nitrogen and oxygen atoms in total. The first kappa shape index (κ1) is 21.2. The highest BCUT2D eigenvalue weighted by Crippen LogP contribution is 2.30. The SMILES string of the molecule is CC(C)C(C)(C)CC(=O)CN(Cc1ccccc1)C(=O)OC(C)(C)C. The lowest BCUT2D eigenvalue weighted by Crippen LogP contribution is -2.40. The number of carbonyl (C=O) groups excluding carboxylic acids is 2. The van der Waals surface area contributed by atoms with E-state index in [1.807, 2.05) is 51.1 Å². The average molecular weight is 347 g/mol. The molecule has 1 aromatic carbocycles. The Bertz CT molecular complexity index is 571.